The van der Waals surface area contributed by atoms with Crippen LogP contribution in [0.5, 0.6) is 0 Å². The first-order chi connectivity index (χ1) is 11.7. The van der Waals surface area contributed by atoms with E-state index in [-0.39, 0.29) is 17.2 Å². The van der Waals surface area contributed by atoms with Crippen molar-refractivity contribution in [3.8, 4) is 11.5 Å². The summed E-state index contributed by atoms with van der Waals surface area (Å²) < 4.78 is 5.54. The average Bonchev–Trinajstić information content (AvgIpc) is 3.07. The zero-order valence-corrected chi connectivity index (χ0v) is 14.0. The standard InChI is InChI=1S/C19H23N3O2/c1-13-2-4-14(5-3-13)18-22-15(12-24-18)11-21-17(23)16-10-19(16)6-8-20-9-7-19/h2-5,12,16,20H,6-11H2,1H3,(H,21,23). The molecule has 1 aromatic carbocycles. The summed E-state index contributed by atoms with van der Waals surface area (Å²) in [7, 11) is 0. The number of hydrogen-bond donors (Lipinski definition) is 2. The number of carbonyl (C=O) groups is 1. The van der Waals surface area contributed by atoms with Crippen molar-refractivity contribution in [1.29, 1.82) is 0 Å². The van der Waals surface area contributed by atoms with E-state index < -0.39 is 0 Å². The van der Waals surface area contributed by atoms with Crippen LogP contribution in [-0.4, -0.2) is 24.0 Å². The van der Waals surface area contributed by atoms with Gasteiger partial charge in [0.05, 0.1) is 12.2 Å². The number of oxazole rings is 1. The summed E-state index contributed by atoms with van der Waals surface area (Å²) in [6, 6.07) is 8.06. The SMILES string of the molecule is Cc1ccc(-c2nc(CNC(=O)C3CC34CCNCC4)co2)cc1. The molecule has 5 heteroatoms. The van der Waals surface area contributed by atoms with Gasteiger partial charge in [0.15, 0.2) is 0 Å². The van der Waals surface area contributed by atoms with Crippen molar-refractivity contribution < 1.29 is 9.21 Å². The van der Waals surface area contributed by atoms with Crippen molar-refractivity contribution in [1.82, 2.24) is 15.6 Å². The Morgan fingerprint density at radius 3 is 2.83 bits per heavy atom. The number of carbonyl (C=O) groups excluding carboxylic acids is 1. The molecule has 1 aromatic heterocycles. The van der Waals surface area contributed by atoms with Crippen molar-refractivity contribution in [2.45, 2.75) is 32.7 Å². The second kappa shape index (κ2) is 6.06. The van der Waals surface area contributed by atoms with Gasteiger partial charge in [0.1, 0.15) is 6.26 Å². The molecule has 2 fully saturated rings. The van der Waals surface area contributed by atoms with Gasteiger partial charge in [-0.2, -0.15) is 0 Å². The third-order valence-corrected chi connectivity index (χ3v) is 5.40. The maximum absolute atomic E-state index is 12.4. The number of benzene rings is 1. The summed E-state index contributed by atoms with van der Waals surface area (Å²) in [6.07, 6.45) is 4.90. The minimum atomic E-state index is 0.164. The molecule has 1 amide bonds. The van der Waals surface area contributed by atoms with Gasteiger partial charge in [-0.3, -0.25) is 4.79 Å². The Labute approximate surface area is 141 Å². The number of piperidine rings is 1. The summed E-state index contributed by atoms with van der Waals surface area (Å²) >= 11 is 0. The quantitative estimate of drug-likeness (QED) is 0.907. The van der Waals surface area contributed by atoms with Gasteiger partial charge in [0.2, 0.25) is 11.8 Å². The van der Waals surface area contributed by atoms with E-state index >= 15 is 0 Å². The van der Waals surface area contributed by atoms with Crippen LogP contribution in [0.15, 0.2) is 34.9 Å². The molecule has 5 nitrogen and oxygen atoms in total. The molecule has 1 spiro atoms. The van der Waals surface area contributed by atoms with Gasteiger partial charge >= 0.3 is 0 Å². The maximum Gasteiger partial charge on any atom is 0.226 e. The zero-order chi connectivity index (χ0) is 16.6. The van der Waals surface area contributed by atoms with Crippen LogP contribution in [0.2, 0.25) is 0 Å². The Bertz CT molecular complexity index is 729. The largest absolute Gasteiger partial charge is 0.444 e. The average molecular weight is 325 g/mol. The van der Waals surface area contributed by atoms with E-state index in [0.717, 1.165) is 43.6 Å². The Morgan fingerprint density at radius 1 is 1.33 bits per heavy atom. The summed E-state index contributed by atoms with van der Waals surface area (Å²) in [5.74, 6) is 0.945. The molecule has 0 bridgehead atoms. The lowest BCUT2D eigenvalue weighted by Gasteiger charge is -2.23. The van der Waals surface area contributed by atoms with Crippen LogP contribution in [-0.2, 0) is 11.3 Å². The molecule has 1 aliphatic carbocycles. The number of nitrogens with one attached hydrogen (secondary N) is 2. The van der Waals surface area contributed by atoms with Crippen molar-refractivity contribution in [3.63, 3.8) is 0 Å². The van der Waals surface area contributed by atoms with Gasteiger partial charge in [-0.1, -0.05) is 17.7 Å². The van der Waals surface area contributed by atoms with Crippen molar-refractivity contribution in [2.24, 2.45) is 11.3 Å². The Morgan fingerprint density at radius 2 is 2.08 bits per heavy atom. The van der Waals surface area contributed by atoms with Crippen molar-refractivity contribution in [2.75, 3.05) is 13.1 Å². The fourth-order valence-corrected chi connectivity index (χ4v) is 3.71. The highest BCUT2D eigenvalue weighted by atomic mass is 16.3. The molecule has 2 heterocycles. The Kier molecular flexibility index (Phi) is 3.88. The Balaban J connectivity index is 1.33. The van der Waals surface area contributed by atoms with Crippen LogP contribution in [0.25, 0.3) is 11.5 Å². The molecule has 0 radical (unpaired) electrons. The summed E-state index contributed by atoms with van der Waals surface area (Å²) in [5.41, 5.74) is 3.19. The van der Waals surface area contributed by atoms with E-state index in [4.69, 9.17) is 4.42 Å². The van der Waals surface area contributed by atoms with E-state index in [0.29, 0.717) is 12.4 Å². The van der Waals surface area contributed by atoms with Crippen LogP contribution in [0.1, 0.15) is 30.5 Å². The van der Waals surface area contributed by atoms with Gasteiger partial charge in [-0.25, -0.2) is 4.98 Å². The van der Waals surface area contributed by atoms with Crippen LogP contribution >= 0.6 is 0 Å². The lowest BCUT2D eigenvalue weighted by molar-refractivity contribution is -0.123. The van der Waals surface area contributed by atoms with Gasteiger partial charge in [-0.05, 0) is 56.8 Å². The number of nitrogens with zero attached hydrogens (tertiary/aromatic N) is 1. The summed E-state index contributed by atoms with van der Waals surface area (Å²) in [4.78, 5) is 16.9. The fourth-order valence-electron chi connectivity index (χ4n) is 3.71. The second-order valence-corrected chi connectivity index (χ2v) is 7.10. The molecule has 4 rings (SSSR count). The molecule has 2 aromatic rings. The molecule has 1 saturated carbocycles. The number of aromatic nitrogens is 1. The van der Waals surface area contributed by atoms with E-state index in [1.165, 1.54) is 5.56 Å². The monoisotopic (exact) mass is 325 g/mol. The van der Waals surface area contributed by atoms with Crippen LogP contribution in [0, 0.1) is 18.3 Å². The minimum absolute atomic E-state index is 0.164. The van der Waals surface area contributed by atoms with Crippen molar-refractivity contribution >= 4 is 5.91 Å². The van der Waals surface area contributed by atoms with E-state index in [1.54, 1.807) is 6.26 Å². The predicted octanol–water partition coefficient (Wildman–Crippen LogP) is 2.66. The molecule has 1 unspecified atom stereocenters. The predicted molar refractivity (Wildman–Crippen MR) is 91.2 cm³/mol. The molecule has 1 aliphatic heterocycles. The normalized spacial score (nSPS) is 21.6. The molecular weight excluding hydrogens is 302 g/mol. The smallest absolute Gasteiger partial charge is 0.226 e. The minimum Gasteiger partial charge on any atom is -0.444 e. The number of aryl methyl sites for hydroxylation is 1. The highest BCUT2D eigenvalue weighted by Crippen LogP contribution is 2.58. The molecule has 2 N–H and O–H groups in total. The third-order valence-electron chi connectivity index (χ3n) is 5.40. The van der Waals surface area contributed by atoms with Crippen LogP contribution < -0.4 is 10.6 Å². The van der Waals surface area contributed by atoms with Gasteiger partial charge < -0.3 is 15.1 Å². The molecule has 1 saturated heterocycles. The molecule has 1 atom stereocenters. The summed E-state index contributed by atoms with van der Waals surface area (Å²) in [6.45, 7) is 4.55. The fraction of sp³-hybridized carbons (Fsp3) is 0.474. The zero-order valence-electron chi connectivity index (χ0n) is 14.0. The molecule has 24 heavy (non-hydrogen) atoms. The molecular formula is C19H23N3O2. The Hall–Kier alpha value is -2.14. The maximum atomic E-state index is 12.4. The topological polar surface area (TPSA) is 67.2 Å². The van der Waals surface area contributed by atoms with E-state index in [9.17, 15) is 4.79 Å². The van der Waals surface area contributed by atoms with Gasteiger partial charge in [0.25, 0.3) is 0 Å². The third kappa shape index (κ3) is 2.96. The molecule has 126 valence electrons. The van der Waals surface area contributed by atoms with E-state index in [1.807, 2.05) is 31.2 Å². The van der Waals surface area contributed by atoms with Gasteiger partial charge in [0, 0.05) is 11.5 Å². The highest BCUT2D eigenvalue weighted by Gasteiger charge is 2.57. The van der Waals surface area contributed by atoms with Crippen LogP contribution in [0.4, 0.5) is 0 Å². The lowest BCUT2D eigenvalue weighted by atomic mass is 9.92. The first kappa shape index (κ1) is 15.4. The first-order valence-electron chi connectivity index (χ1n) is 8.66. The first-order valence-corrected chi connectivity index (χ1v) is 8.66. The van der Waals surface area contributed by atoms with Crippen LogP contribution in [0.3, 0.4) is 0 Å². The van der Waals surface area contributed by atoms with Crippen molar-refractivity contribution in [3.05, 3.63) is 41.8 Å². The number of amides is 1. The number of hydrogen-bond acceptors (Lipinski definition) is 4. The highest BCUT2D eigenvalue weighted by molar-refractivity contribution is 5.82. The van der Waals surface area contributed by atoms with Gasteiger partial charge in [-0.15, -0.1) is 0 Å². The van der Waals surface area contributed by atoms with E-state index in [2.05, 4.69) is 15.6 Å². The second-order valence-electron chi connectivity index (χ2n) is 7.10. The summed E-state index contributed by atoms with van der Waals surface area (Å²) in [5, 5.41) is 6.39. The number of rotatable bonds is 4. The molecule has 2 aliphatic rings. The lowest BCUT2D eigenvalue weighted by Crippen LogP contribution is -2.33.